The van der Waals surface area contributed by atoms with Crippen molar-refractivity contribution in [3.63, 3.8) is 0 Å². The minimum absolute atomic E-state index is 0.215. The minimum Gasteiger partial charge on any atom is -0.303 e. The Morgan fingerprint density at radius 1 is 0.861 bits per heavy atom. The molecule has 4 heteroatoms. The molecule has 2 bridgehead atoms. The number of carbonyl (C=O) groups is 2. The highest BCUT2D eigenvalue weighted by molar-refractivity contribution is 7.29. The van der Waals surface area contributed by atoms with Crippen LogP contribution in [0, 0.1) is 17.3 Å². The lowest BCUT2D eigenvalue weighted by molar-refractivity contribution is -0.117. The van der Waals surface area contributed by atoms with E-state index in [0.29, 0.717) is 17.6 Å². The van der Waals surface area contributed by atoms with E-state index in [-0.39, 0.29) is 11.3 Å². The van der Waals surface area contributed by atoms with E-state index >= 15 is 0 Å². The molecule has 4 atom stereocenters. The van der Waals surface area contributed by atoms with Crippen LogP contribution in [-0.4, -0.2) is 12.1 Å². The van der Waals surface area contributed by atoms with Gasteiger partial charge in [-0.3, -0.25) is 4.79 Å². The molecule has 0 amide bonds. The molecule has 4 aliphatic rings. The fraction of sp³-hybridized carbons (Fsp3) is 0.688. The number of carbonyl (C=O) groups excluding carboxylic acids is 2. The highest BCUT2D eigenvalue weighted by Gasteiger charge is 2.43. The van der Waals surface area contributed by atoms with Gasteiger partial charge < -0.3 is 4.79 Å². The second-order valence-corrected chi connectivity index (χ2v) is 14.5. The van der Waals surface area contributed by atoms with E-state index in [1.54, 1.807) is 0 Å². The molecule has 4 unspecified atom stereocenters. The van der Waals surface area contributed by atoms with Crippen molar-refractivity contribution in [1.29, 1.82) is 0 Å². The third-order valence-electron chi connectivity index (χ3n) is 9.85. The van der Waals surface area contributed by atoms with Crippen LogP contribution in [-0.2, 0) is 17.6 Å². The normalized spacial score (nSPS) is 32.9. The molecular formula is C32H42O2S2. The molecule has 1 saturated carbocycles. The fourth-order valence-corrected chi connectivity index (χ4v) is 11.0. The average molecular weight is 523 g/mol. The minimum atomic E-state index is -0.215. The van der Waals surface area contributed by atoms with Crippen molar-refractivity contribution in [1.82, 2.24) is 0 Å². The molecule has 0 aliphatic heterocycles. The molecule has 4 aliphatic carbocycles. The van der Waals surface area contributed by atoms with E-state index in [4.69, 9.17) is 0 Å². The van der Waals surface area contributed by atoms with Crippen LogP contribution in [0.2, 0.25) is 0 Å². The van der Waals surface area contributed by atoms with Crippen LogP contribution in [0.1, 0.15) is 134 Å². The Morgan fingerprint density at radius 2 is 1.64 bits per heavy atom. The first kappa shape index (κ1) is 25.0. The van der Waals surface area contributed by atoms with Crippen LogP contribution in [0.4, 0.5) is 0 Å². The van der Waals surface area contributed by atoms with E-state index in [9.17, 15) is 9.59 Å². The molecule has 2 nitrogen and oxygen atoms in total. The van der Waals surface area contributed by atoms with Crippen molar-refractivity contribution >= 4 is 44.1 Å². The summed E-state index contributed by atoms with van der Waals surface area (Å²) in [5.74, 6) is 1.68. The number of Topliss-reactive ketones (excluding diaryl/α,β-unsaturated/α-hetero) is 1. The maximum Gasteiger partial charge on any atom is 0.168 e. The van der Waals surface area contributed by atoms with Crippen LogP contribution < -0.4 is 0 Å². The largest absolute Gasteiger partial charge is 0.303 e. The van der Waals surface area contributed by atoms with E-state index in [2.05, 4.69) is 12.2 Å². The maximum atomic E-state index is 14.1. The van der Waals surface area contributed by atoms with Gasteiger partial charge in [-0.15, -0.1) is 22.7 Å². The molecule has 6 rings (SSSR count). The number of hydrogen-bond acceptors (Lipinski definition) is 4. The van der Waals surface area contributed by atoms with E-state index < -0.39 is 0 Å². The van der Waals surface area contributed by atoms with Gasteiger partial charge in [0.15, 0.2) is 5.78 Å². The van der Waals surface area contributed by atoms with Crippen molar-refractivity contribution in [3.8, 4) is 0 Å². The smallest absolute Gasteiger partial charge is 0.168 e. The topological polar surface area (TPSA) is 34.1 Å². The van der Waals surface area contributed by atoms with Gasteiger partial charge in [0.05, 0.1) is 4.70 Å². The molecule has 0 N–H and O–H groups in total. The highest BCUT2D eigenvalue weighted by atomic mass is 32.1. The quantitative estimate of drug-likeness (QED) is 0.276. The Hall–Kier alpha value is -1.26. The first-order valence-electron chi connectivity index (χ1n) is 14.9. The monoisotopic (exact) mass is 522 g/mol. The van der Waals surface area contributed by atoms with Crippen molar-refractivity contribution in [2.24, 2.45) is 17.3 Å². The number of hydrogen-bond donors (Lipinski definition) is 0. The van der Waals surface area contributed by atoms with E-state index in [1.807, 2.05) is 22.7 Å². The predicted molar refractivity (Wildman–Crippen MR) is 153 cm³/mol. The Balaban J connectivity index is 1.40. The summed E-state index contributed by atoms with van der Waals surface area (Å²) >= 11 is 3.87. The zero-order valence-electron chi connectivity index (χ0n) is 21.8. The fourth-order valence-electron chi connectivity index (χ4n) is 7.87. The summed E-state index contributed by atoms with van der Waals surface area (Å²) in [5.41, 5.74) is 2.34. The van der Waals surface area contributed by atoms with Gasteiger partial charge in [0.25, 0.3) is 0 Å². The van der Waals surface area contributed by atoms with Crippen molar-refractivity contribution in [2.75, 3.05) is 0 Å². The van der Waals surface area contributed by atoms with Crippen LogP contribution in [0.15, 0.2) is 12.2 Å². The molecule has 1 fully saturated rings. The number of thiophene rings is 2. The zero-order valence-corrected chi connectivity index (χ0v) is 23.5. The van der Waals surface area contributed by atoms with Crippen LogP contribution in [0.3, 0.4) is 0 Å². The zero-order chi connectivity index (χ0) is 24.5. The number of aldehydes is 1. The summed E-state index contributed by atoms with van der Waals surface area (Å²) in [4.78, 5) is 29.6. The van der Waals surface area contributed by atoms with Gasteiger partial charge >= 0.3 is 0 Å². The van der Waals surface area contributed by atoms with Gasteiger partial charge in [0, 0.05) is 31.4 Å². The molecule has 0 radical (unpaired) electrons. The second-order valence-electron chi connectivity index (χ2n) is 12.4. The molecule has 0 aromatic carbocycles. The number of rotatable bonds is 1. The van der Waals surface area contributed by atoms with Gasteiger partial charge in [-0.1, -0.05) is 69.9 Å². The number of allylic oxidation sites excluding steroid dienone is 2. The van der Waals surface area contributed by atoms with Gasteiger partial charge in [-0.05, 0) is 75.2 Å². The summed E-state index contributed by atoms with van der Waals surface area (Å²) in [6.07, 6.45) is 27.4. The Bertz CT molecular complexity index is 1140. The van der Waals surface area contributed by atoms with Crippen LogP contribution >= 0.6 is 22.7 Å². The summed E-state index contributed by atoms with van der Waals surface area (Å²) in [6, 6.07) is 0. The highest BCUT2D eigenvalue weighted by Crippen LogP contribution is 2.55. The van der Waals surface area contributed by atoms with Gasteiger partial charge in [-0.2, -0.15) is 0 Å². The average Bonchev–Trinajstić information content (AvgIpc) is 3.41. The number of fused-ring (bicyclic) bond motifs is 9. The van der Waals surface area contributed by atoms with Gasteiger partial charge in [-0.25, -0.2) is 0 Å². The molecule has 0 spiro atoms. The summed E-state index contributed by atoms with van der Waals surface area (Å²) in [6.45, 7) is 0. The SMILES string of the molecule is O=CC12CCCCCC/C=C\CC(C1)c1sc3c4c(sc3c1C2)CC1CCCCCCCCC1C4=O. The lowest BCUT2D eigenvalue weighted by atomic mass is 9.67. The molecule has 2 heterocycles. The van der Waals surface area contributed by atoms with Gasteiger partial charge in [0.1, 0.15) is 6.29 Å². The Labute approximate surface area is 224 Å². The van der Waals surface area contributed by atoms with Crippen molar-refractivity contribution in [3.05, 3.63) is 33.0 Å². The first-order valence-corrected chi connectivity index (χ1v) is 16.5. The second kappa shape index (κ2) is 10.8. The van der Waals surface area contributed by atoms with Crippen LogP contribution in [0.5, 0.6) is 0 Å². The summed E-state index contributed by atoms with van der Waals surface area (Å²) < 4.78 is 2.67. The maximum absolute atomic E-state index is 14.1. The molecule has 2 aromatic rings. The third-order valence-corrected chi connectivity index (χ3v) is 12.7. The molecular weight excluding hydrogens is 480 g/mol. The molecule has 0 saturated heterocycles. The molecule has 2 aromatic heterocycles. The van der Waals surface area contributed by atoms with Crippen molar-refractivity contribution in [2.45, 2.75) is 121 Å². The first-order chi connectivity index (χ1) is 17.7. The lowest BCUT2D eigenvalue weighted by Gasteiger charge is -2.37. The van der Waals surface area contributed by atoms with E-state index in [0.717, 1.165) is 44.1 Å². The predicted octanol–water partition coefficient (Wildman–Crippen LogP) is 9.58. The van der Waals surface area contributed by atoms with Crippen LogP contribution in [0.25, 0.3) is 9.40 Å². The van der Waals surface area contributed by atoms with Gasteiger partial charge in [0.2, 0.25) is 0 Å². The molecule has 194 valence electrons. The lowest BCUT2D eigenvalue weighted by Crippen LogP contribution is -2.32. The van der Waals surface area contributed by atoms with E-state index in [1.165, 1.54) is 108 Å². The Kier molecular flexibility index (Phi) is 7.55. The molecule has 36 heavy (non-hydrogen) atoms. The Morgan fingerprint density at radius 3 is 2.50 bits per heavy atom. The standard InChI is InChI=1S/C32H42O2S2/c33-21-32-17-13-9-5-1-2-7-11-15-23(19-32)29-25(20-32)30-31(36-29)27-26(35-30)18-22-14-10-6-3-4-8-12-16-24(22)28(27)34/h7,11,21-24H,1-6,8-10,12-20H2/b11-7-. The third kappa shape index (κ3) is 4.70. The summed E-state index contributed by atoms with van der Waals surface area (Å²) in [5, 5.41) is 0. The van der Waals surface area contributed by atoms with Crippen molar-refractivity contribution < 1.29 is 9.59 Å². The summed E-state index contributed by atoms with van der Waals surface area (Å²) in [7, 11) is 0. The number of ketones is 1.